The topological polar surface area (TPSA) is 88.8 Å². The van der Waals surface area contributed by atoms with Crippen LogP contribution in [0.4, 0.5) is 18.9 Å². The van der Waals surface area contributed by atoms with Gasteiger partial charge in [0.2, 0.25) is 0 Å². The van der Waals surface area contributed by atoms with Gasteiger partial charge in [-0.3, -0.25) is 14.6 Å². The van der Waals surface area contributed by atoms with Crippen LogP contribution >= 0.6 is 12.6 Å². The molecule has 4 heterocycles. The van der Waals surface area contributed by atoms with Crippen molar-refractivity contribution in [2.75, 3.05) is 31.9 Å². The molecule has 0 unspecified atom stereocenters. The number of halogens is 3. The predicted octanol–water partition coefficient (Wildman–Crippen LogP) is 8.87. The standard InChI is InChI=1S/C25H30F3N7.C11H21N.C2H4S/c1-5-9-24(3,4)35-14-17(11-32-35)16(2)30-12-18-13-31-23(33-18)22-10-19-20(29)7-6-8-21(19)34(22)15-25(26,27)28;1-5-10-7-6-8-12(9-10)11(2,3)4;1-2-3/h6-8,10-11,14,30H,2,5,9,12-13,15,29H2,1,3-4H3;7H,5-6,8-9H2,1-4H3;2-3H,1H2. The maximum Gasteiger partial charge on any atom is 0.406 e. The molecule has 1 aromatic carbocycles. The molecule has 0 aliphatic carbocycles. The molecular formula is C38H55F3N8S. The van der Waals surface area contributed by atoms with E-state index < -0.39 is 12.7 Å². The van der Waals surface area contributed by atoms with Crippen molar-refractivity contribution in [3.8, 4) is 0 Å². The summed E-state index contributed by atoms with van der Waals surface area (Å²) in [5.41, 5.74) is 11.2. The Morgan fingerprint density at radius 3 is 2.46 bits per heavy atom. The number of benzene rings is 1. The Balaban J connectivity index is 0.000000376. The van der Waals surface area contributed by atoms with Crippen molar-refractivity contribution < 1.29 is 13.2 Å². The number of nitrogen functional groups attached to an aromatic ring is 1. The zero-order valence-electron chi connectivity index (χ0n) is 30.7. The fourth-order valence-electron chi connectivity index (χ4n) is 5.95. The quantitative estimate of drug-likeness (QED) is 0.111. The average molecular weight is 713 g/mol. The summed E-state index contributed by atoms with van der Waals surface area (Å²) in [6.45, 7) is 24.8. The van der Waals surface area contributed by atoms with Crippen LogP contribution in [0.15, 0.2) is 76.9 Å². The van der Waals surface area contributed by atoms with E-state index in [1.807, 2.05) is 10.9 Å². The van der Waals surface area contributed by atoms with Gasteiger partial charge in [-0.15, -0.1) is 0 Å². The van der Waals surface area contributed by atoms with E-state index >= 15 is 0 Å². The third-order valence-electron chi connectivity index (χ3n) is 8.77. The summed E-state index contributed by atoms with van der Waals surface area (Å²) >= 11 is 3.55. The molecule has 0 radical (unpaired) electrons. The third kappa shape index (κ3) is 11.1. The van der Waals surface area contributed by atoms with Crippen LogP contribution in [0.5, 0.6) is 0 Å². The number of amidine groups is 1. The fraction of sp³-hybridized carbons (Fsp3) is 0.500. The molecule has 2 aliphatic heterocycles. The summed E-state index contributed by atoms with van der Waals surface area (Å²) in [5.74, 6) is 0.265. The lowest BCUT2D eigenvalue weighted by molar-refractivity contribution is -0.139. The summed E-state index contributed by atoms with van der Waals surface area (Å²) in [5, 5.41) is 9.72. The van der Waals surface area contributed by atoms with Gasteiger partial charge in [0.1, 0.15) is 6.54 Å². The van der Waals surface area contributed by atoms with Crippen molar-refractivity contribution in [1.29, 1.82) is 0 Å². The van der Waals surface area contributed by atoms with Crippen LogP contribution in [0.25, 0.3) is 16.6 Å². The van der Waals surface area contributed by atoms with Gasteiger partial charge in [0, 0.05) is 47.2 Å². The molecule has 50 heavy (non-hydrogen) atoms. The van der Waals surface area contributed by atoms with Crippen molar-refractivity contribution in [3.05, 3.63) is 78.1 Å². The molecular weight excluding hydrogens is 658 g/mol. The Kier molecular flexibility index (Phi) is 14.2. The van der Waals surface area contributed by atoms with Gasteiger partial charge in [-0.2, -0.15) is 30.9 Å². The van der Waals surface area contributed by atoms with Gasteiger partial charge < -0.3 is 15.6 Å². The molecule has 8 nitrogen and oxygen atoms in total. The minimum absolute atomic E-state index is 0.0934. The summed E-state index contributed by atoms with van der Waals surface area (Å²) in [6, 6.07) is 6.55. The number of nitrogens with two attached hydrogens (primary N) is 1. The van der Waals surface area contributed by atoms with E-state index in [4.69, 9.17) is 5.73 Å². The van der Waals surface area contributed by atoms with Crippen molar-refractivity contribution in [2.45, 2.75) is 97.9 Å². The van der Waals surface area contributed by atoms with E-state index in [9.17, 15) is 13.2 Å². The number of fused-ring (bicyclic) bond motifs is 1. The normalized spacial score (nSPS) is 15.3. The average Bonchev–Trinajstić information content (AvgIpc) is 3.80. The minimum atomic E-state index is -4.40. The number of nitrogens with one attached hydrogen (secondary N) is 1. The Bertz CT molecular complexity index is 1700. The maximum absolute atomic E-state index is 13.3. The number of nitrogens with zero attached hydrogens (tertiary/aromatic N) is 6. The van der Waals surface area contributed by atoms with Gasteiger partial charge in [0.15, 0.2) is 5.84 Å². The van der Waals surface area contributed by atoms with Crippen LogP contribution in [-0.4, -0.2) is 68.7 Å². The number of aliphatic imine (C=N–C) groups is 2. The number of thiol groups is 1. The van der Waals surface area contributed by atoms with Crippen LogP contribution in [-0.2, 0) is 12.1 Å². The first kappa shape index (κ1) is 40.7. The monoisotopic (exact) mass is 712 g/mol. The van der Waals surface area contributed by atoms with Crippen LogP contribution < -0.4 is 11.1 Å². The summed E-state index contributed by atoms with van der Waals surface area (Å²) in [6.07, 6.45) is 6.25. The Morgan fingerprint density at radius 1 is 1.14 bits per heavy atom. The third-order valence-corrected chi connectivity index (χ3v) is 8.77. The molecule has 0 spiro atoms. The number of aromatic nitrogens is 3. The predicted molar refractivity (Wildman–Crippen MR) is 208 cm³/mol. The lowest BCUT2D eigenvalue weighted by Gasteiger charge is -2.38. The van der Waals surface area contributed by atoms with Crippen molar-refractivity contribution in [1.82, 2.24) is 24.6 Å². The zero-order chi connectivity index (χ0) is 37.3. The Hall–Kier alpha value is -3.77. The second kappa shape index (κ2) is 17.4. The van der Waals surface area contributed by atoms with Crippen LogP contribution in [0.1, 0.15) is 85.4 Å². The van der Waals surface area contributed by atoms with E-state index in [0.717, 1.165) is 18.4 Å². The molecule has 0 saturated carbocycles. The zero-order valence-corrected chi connectivity index (χ0v) is 31.6. The molecule has 2 aliphatic rings. The highest BCUT2D eigenvalue weighted by Gasteiger charge is 2.31. The molecule has 2 aromatic heterocycles. The van der Waals surface area contributed by atoms with Gasteiger partial charge in [0.25, 0.3) is 0 Å². The summed E-state index contributed by atoms with van der Waals surface area (Å²) < 4.78 is 43.1. The molecule has 5 rings (SSSR count). The van der Waals surface area contributed by atoms with Crippen LogP contribution in [0.3, 0.4) is 0 Å². The van der Waals surface area contributed by atoms with Crippen LogP contribution in [0, 0.1) is 0 Å². The lowest BCUT2D eigenvalue weighted by atomic mass is 9.99. The van der Waals surface area contributed by atoms with Crippen molar-refractivity contribution >= 4 is 46.5 Å². The second-order valence-electron chi connectivity index (χ2n) is 14.2. The van der Waals surface area contributed by atoms with Gasteiger partial charge in [-0.25, -0.2) is 4.99 Å². The molecule has 0 atom stereocenters. The number of alkyl halides is 3. The lowest BCUT2D eigenvalue weighted by Crippen LogP contribution is -2.44. The smallest absolute Gasteiger partial charge is 0.398 e. The molecule has 0 saturated heterocycles. The number of hydrogen-bond donors (Lipinski definition) is 3. The molecule has 12 heteroatoms. The maximum atomic E-state index is 13.3. The number of anilines is 1. The summed E-state index contributed by atoms with van der Waals surface area (Å²) in [7, 11) is 0. The van der Waals surface area contributed by atoms with Gasteiger partial charge in [-0.05, 0) is 77.5 Å². The first-order chi connectivity index (χ1) is 23.4. The SMILES string of the molecule is C=C(NCC1=NC(c2cc3c(N)cccc3n2CC(F)(F)F)=NC1)c1cnn(C(C)(C)CCC)c1.C=CS.CCC1=CCCN(C(C)(C)C)C1. The molecule has 0 fully saturated rings. The van der Waals surface area contributed by atoms with Gasteiger partial charge in [-0.1, -0.05) is 51.1 Å². The highest BCUT2D eigenvalue weighted by atomic mass is 32.1. The first-order valence-corrected chi connectivity index (χ1v) is 17.7. The minimum Gasteiger partial charge on any atom is -0.398 e. The largest absolute Gasteiger partial charge is 0.406 e. The first-order valence-electron chi connectivity index (χ1n) is 17.2. The number of rotatable bonds is 10. The van der Waals surface area contributed by atoms with E-state index in [1.165, 1.54) is 35.9 Å². The van der Waals surface area contributed by atoms with Gasteiger partial charge in [0.05, 0.1) is 41.7 Å². The van der Waals surface area contributed by atoms with Crippen molar-refractivity contribution in [2.24, 2.45) is 9.98 Å². The van der Waals surface area contributed by atoms with Crippen LogP contribution in [0.2, 0.25) is 0 Å². The molecule has 0 amide bonds. The Morgan fingerprint density at radius 2 is 1.84 bits per heavy atom. The molecule has 3 N–H and O–H groups in total. The fourth-order valence-corrected chi connectivity index (χ4v) is 5.95. The van der Waals surface area contributed by atoms with Gasteiger partial charge >= 0.3 is 6.18 Å². The summed E-state index contributed by atoms with van der Waals surface area (Å²) in [4.78, 5) is 11.5. The highest BCUT2D eigenvalue weighted by molar-refractivity contribution is 7.83. The highest BCUT2D eigenvalue weighted by Crippen LogP contribution is 2.30. The Labute approximate surface area is 301 Å². The molecule has 3 aromatic rings. The van der Waals surface area contributed by atoms with E-state index in [2.05, 4.69) is 106 Å². The molecule has 0 bridgehead atoms. The number of hydrogen-bond acceptors (Lipinski definition) is 7. The second-order valence-corrected chi connectivity index (χ2v) is 14.5. The van der Waals surface area contributed by atoms with E-state index in [-0.39, 0.29) is 11.4 Å². The van der Waals surface area contributed by atoms with E-state index in [1.54, 1.807) is 36.0 Å². The van der Waals surface area contributed by atoms with Crippen molar-refractivity contribution in [3.63, 3.8) is 0 Å². The van der Waals surface area contributed by atoms with E-state index in [0.29, 0.717) is 52.3 Å². The molecule has 274 valence electrons.